The molecule has 0 aliphatic rings. The Kier molecular flexibility index (Phi) is 1.63. The average Bonchev–Trinajstić information content (AvgIpc) is 2.75. The summed E-state index contributed by atoms with van der Waals surface area (Å²) in [5.41, 5.74) is 0.737. The van der Waals surface area contributed by atoms with Gasteiger partial charge in [0.2, 0.25) is 0 Å². The Bertz CT molecular complexity index is 416. The van der Waals surface area contributed by atoms with E-state index >= 15 is 0 Å². The number of oxazole rings is 1. The molecule has 2 heterocycles. The minimum absolute atomic E-state index is 0.131. The Morgan fingerprint density at radius 3 is 2.92 bits per heavy atom. The fraction of sp³-hybridized carbons (Fsp3) is 0. The van der Waals surface area contributed by atoms with Gasteiger partial charge in [-0.2, -0.15) is 0 Å². The number of aromatic nitrogens is 2. The predicted octanol–water partition coefficient (Wildman–Crippen LogP) is 1.37. The molecule has 0 aliphatic carbocycles. The number of carboxylic acid groups (broad SMARTS) is 1. The summed E-state index contributed by atoms with van der Waals surface area (Å²) >= 11 is 0. The molecule has 13 heavy (non-hydrogen) atoms. The third-order valence-corrected chi connectivity index (χ3v) is 1.61. The van der Waals surface area contributed by atoms with Crippen LogP contribution in [0.3, 0.4) is 0 Å². The normalized spacial score (nSPS) is 10.2. The monoisotopic (exact) mass is 178 g/mol. The molecule has 0 saturated heterocycles. The van der Waals surface area contributed by atoms with E-state index in [0.29, 0.717) is 11.5 Å². The zero-order valence-electron chi connectivity index (χ0n) is 6.52. The molecule has 0 spiro atoms. The summed E-state index contributed by atoms with van der Waals surface area (Å²) in [4.78, 5) is 16.9. The van der Waals surface area contributed by atoms with Crippen LogP contribution in [0, 0.1) is 0 Å². The summed E-state index contributed by atoms with van der Waals surface area (Å²) < 4.78 is 4.98. The lowest BCUT2D eigenvalue weighted by Gasteiger charge is -1.88. The number of carbonyl (C=O) groups is 1. The van der Waals surface area contributed by atoms with E-state index in [1.165, 1.54) is 18.7 Å². The van der Waals surface area contributed by atoms with Gasteiger partial charge in [0.15, 0.2) is 12.2 Å². The minimum atomic E-state index is -0.995. The zero-order valence-corrected chi connectivity index (χ0v) is 6.52. The Balaban J connectivity index is 2.39. The second kappa shape index (κ2) is 2.78. The minimum Gasteiger partial charge on any atom is -0.477 e. The number of hydrogen-bond acceptors (Lipinski definition) is 3. The Hall–Kier alpha value is -2.04. The molecule has 5 nitrogen and oxygen atoms in total. The van der Waals surface area contributed by atoms with Gasteiger partial charge >= 0.3 is 5.97 Å². The van der Waals surface area contributed by atoms with Crippen LogP contribution in [0.1, 0.15) is 10.5 Å². The fourth-order valence-corrected chi connectivity index (χ4v) is 1.01. The Morgan fingerprint density at radius 2 is 2.38 bits per heavy atom. The number of aromatic amines is 1. The molecule has 66 valence electrons. The summed E-state index contributed by atoms with van der Waals surface area (Å²) in [5, 5.41) is 8.62. The zero-order chi connectivity index (χ0) is 9.26. The van der Waals surface area contributed by atoms with Crippen molar-refractivity contribution in [1.82, 2.24) is 9.97 Å². The van der Waals surface area contributed by atoms with Gasteiger partial charge in [-0.25, -0.2) is 9.78 Å². The topological polar surface area (TPSA) is 79.1 Å². The maximum absolute atomic E-state index is 10.5. The average molecular weight is 178 g/mol. The highest BCUT2D eigenvalue weighted by atomic mass is 16.4. The lowest BCUT2D eigenvalue weighted by atomic mass is 10.4. The van der Waals surface area contributed by atoms with Crippen molar-refractivity contribution in [3.05, 3.63) is 30.4 Å². The molecular formula is C8H6N2O3. The number of aromatic carboxylic acids is 1. The number of rotatable bonds is 2. The smallest absolute Gasteiger partial charge is 0.352 e. The molecule has 0 unspecified atom stereocenters. The van der Waals surface area contributed by atoms with Crippen molar-refractivity contribution >= 4 is 5.97 Å². The van der Waals surface area contributed by atoms with Gasteiger partial charge in [-0.3, -0.25) is 0 Å². The van der Waals surface area contributed by atoms with Crippen LogP contribution in [0.25, 0.3) is 11.5 Å². The summed E-state index contributed by atoms with van der Waals surface area (Å²) in [6.45, 7) is 0. The largest absolute Gasteiger partial charge is 0.477 e. The first-order valence-corrected chi connectivity index (χ1v) is 3.58. The molecule has 5 heteroatoms. The van der Waals surface area contributed by atoms with E-state index < -0.39 is 5.97 Å². The maximum atomic E-state index is 10.5. The van der Waals surface area contributed by atoms with Crippen molar-refractivity contribution in [3.8, 4) is 11.5 Å². The first kappa shape index (κ1) is 7.60. The molecule has 2 aromatic rings. The van der Waals surface area contributed by atoms with Gasteiger partial charge in [-0.15, -0.1) is 0 Å². The van der Waals surface area contributed by atoms with E-state index in [-0.39, 0.29) is 5.69 Å². The van der Waals surface area contributed by atoms with Gasteiger partial charge in [-0.05, 0) is 12.1 Å². The van der Waals surface area contributed by atoms with E-state index in [9.17, 15) is 4.79 Å². The van der Waals surface area contributed by atoms with Gasteiger partial charge in [0.1, 0.15) is 5.69 Å². The first-order valence-electron chi connectivity index (χ1n) is 3.58. The van der Waals surface area contributed by atoms with Crippen LogP contribution >= 0.6 is 0 Å². The highest BCUT2D eigenvalue weighted by Crippen LogP contribution is 2.17. The molecule has 0 bridgehead atoms. The third kappa shape index (κ3) is 1.31. The van der Waals surface area contributed by atoms with Crippen molar-refractivity contribution < 1.29 is 14.3 Å². The molecule has 0 radical (unpaired) electrons. The number of carboxylic acids is 1. The van der Waals surface area contributed by atoms with Crippen molar-refractivity contribution in [2.45, 2.75) is 0 Å². The van der Waals surface area contributed by atoms with Crippen LogP contribution < -0.4 is 0 Å². The summed E-state index contributed by atoms with van der Waals surface area (Å²) in [5.74, 6) is -0.474. The molecule has 0 amide bonds. The highest BCUT2D eigenvalue weighted by Gasteiger charge is 2.08. The SMILES string of the molecule is O=C(O)c1ccc(-c2cnco2)[nH]1. The van der Waals surface area contributed by atoms with Gasteiger partial charge in [-0.1, -0.05) is 0 Å². The van der Waals surface area contributed by atoms with Gasteiger partial charge in [0.25, 0.3) is 0 Å². The van der Waals surface area contributed by atoms with E-state index in [1.54, 1.807) is 6.07 Å². The van der Waals surface area contributed by atoms with Gasteiger partial charge in [0.05, 0.1) is 11.9 Å². The maximum Gasteiger partial charge on any atom is 0.352 e. The molecular weight excluding hydrogens is 172 g/mol. The standard InChI is InChI=1S/C8H6N2O3/c11-8(12)6-2-1-5(10-6)7-3-9-4-13-7/h1-4,10H,(H,11,12). The van der Waals surface area contributed by atoms with Crippen LogP contribution in [0.4, 0.5) is 0 Å². The lowest BCUT2D eigenvalue weighted by molar-refractivity contribution is 0.0691. The molecule has 0 aromatic carbocycles. The summed E-state index contributed by atoms with van der Waals surface area (Å²) in [6.07, 6.45) is 2.80. The van der Waals surface area contributed by atoms with E-state index in [0.717, 1.165) is 0 Å². The number of hydrogen-bond donors (Lipinski definition) is 2. The quantitative estimate of drug-likeness (QED) is 0.727. The molecule has 0 saturated carbocycles. The van der Waals surface area contributed by atoms with Crippen molar-refractivity contribution in [1.29, 1.82) is 0 Å². The van der Waals surface area contributed by atoms with Crippen molar-refractivity contribution in [2.75, 3.05) is 0 Å². The molecule has 2 aromatic heterocycles. The summed E-state index contributed by atoms with van der Waals surface area (Å²) in [7, 11) is 0. The molecule has 0 atom stereocenters. The van der Waals surface area contributed by atoms with Crippen LogP contribution in [-0.2, 0) is 0 Å². The van der Waals surface area contributed by atoms with Crippen molar-refractivity contribution in [2.24, 2.45) is 0 Å². The Morgan fingerprint density at radius 1 is 1.54 bits per heavy atom. The summed E-state index contributed by atoms with van der Waals surface area (Å²) in [6, 6.07) is 3.10. The molecule has 0 aliphatic heterocycles. The fourth-order valence-electron chi connectivity index (χ4n) is 1.01. The van der Waals surface area contributed by atoms with E-state index in [4.69, 9.17) is 9.52 Å². The van der Waals surface area contributed by atoms with Gasteiger partial charge < -0.3 is 14.5 Å². The third-order valence-electron chi connectivity index (χ3n) is 1.61. The lowest BCUT2D eigenvalue weighted by Crippen LogP contribution is -1.95. The number of H-pyrrole nitrogens is 1. The van der Waals surface area contributed by atoms with Crippen LogP contribution in [0.2, 0.25) is 0 Å². The first-order chi connectivity index (χ1) is 6.27. The molecule has 0 fully saturated rings. The molecule has 2 N–H and O–H groups in total. The van der Waals surface area contributed by atoms with Crippen LogP contribution in [0.5, 0.6) is 0 Å². The second-order valence-corrected chi connectivity index (χ2v) is 2.46. The second-order valence-electron chi connectivity index (χ2n) is 2.46. The van der Waals surface area contributed by atoms with E-state index in [2.05, 4.69) is 9.97 Å². The molecule has 2 rings (SSSR count). The Labute approximate surface area is 73.0 Å². The number of nitrogens with zero attached hydrogens (tertiary/aromatic N) is 1. The van der Waals surface area contributed by atoms with Crippen LogP contribution in [0.15, 0.2) is 29.1 Å². The predicted molar refractivity (Wildman–Crippen MR) is 43.2 cm³/mol. The van der Waals surface area contributed by atoms with Crippen LogP contribution in [-0.4, -0.2) is 21.0 Å². The number of nitrogens with one attached hydrogen (secondary N) is 1. The van der Waals surface area contributed by atoms with Gasteiger partial charge in [0, 0.05) is 0 Å². The van der Waals surface area contributed by atoms with E-state index in [1.807, 2.05) is 0 Å². The highest BCUT2D eigenvalue weighted by molar-refractivity contribution is 5.86. The van der Waals surface area contributed by atoms with Crippen molar-refractivity contribution in [3.63, 3.8) is 0 Å².